The maximum absolute atomic E-state index is 10.9. The largest absolute Gasteiger partial charge is 0.493 e. The Hall–Kier alpha value is -2.70. The molecule has 1 atom stereocenters. The molecule has 0 spiro atoms. The average Bonchev–Trinajstić information content (AvgIpc) is 2.87. The molecule has 22 heavy (non-hydrogen) atoms. The fraction of sp³-hybridized carbons (Fsp3) is 0.333. The molecular weight excluding hydrogens is 288 g/mol. The number of nitrogens with zero attached hydrogens (tertiary/aromatic N) is 2. The van der Waals surface area contributed by atoms with Crippen molar-refractivity contribution in [3.8, 4) is 22.8 Å². The maximum Gasteiger partial charge on any atom is 0.306 e. The topological polar surface area (TPSA) is 93.8 Å². The van der Waals surface area contributed by atoms with Crippen LogP contribution in [0.1, 0.15) is 12.6 Å². The number of methoxy groups -OCH3 is 2. The van der Waals surface area contributed by atoms with E-state index < -0.39 is 11.9 Å². The van der Waals surface area contributed by atoms with Crippen LogP contribution in [0.15, 0.2) is 24.3 Å². The molecule has 0 radical (unpaired) electrons. The number of carboxylic acids is 1. The van der Waals surface area contributed by atoms with Crippen LogP contribution < -0.4 is 9.47 Å². The molecule has 0 aliphatic carbocycles. The summed E-state index contributed by atoms with van der Waals surface area (Å²) in [5, 5.41) is 22.8. The molecule has 0 aliphatic heterocycles. The Bertz CT molecular complexity index is 681. The van der Waals surface area contributed by atoms with Gasteiger partial charge in [0.1, 0.15) is 0 Å². The molecule has 118 valence electrons. The number of rotatable bonds is 6. The summed E-state index contributed by atoms with van der Waals surface area (Å²) in [6.07, 6.45) is 0.187. The van der Waals surface area contributed by atoms with Crippen molar-refractivity contribution in [1.82, 2.24) is 9.94 Å². The van der Waals surface area contributed by atoms with Gasteiger partial charge >= 0.3 is 5.97 Å². The summed E-state index contributed by atoms with van der Waals surface area (Å²) in [7, 11) is 3.08. The highest BCUT2D eigenvalue weighted by Gasteiger charge is 2.17. The Morgan fingerprint density at radius 3 is 2.55 bits per heavy atom. The third-order valence-corrected chi connectivity index (χ3v) is 3.38. The van der Waals surface area contributed by atoms with Crippen molar-refractivity contribution >= 4 is 5.97 Å². The summed E-state index contributed by atoms with van der Waals surface area (Å²) in [6, 6.07) is 6.92. The lowest BCUT2D eigenvalue weighted by atomic mass is 10.0. The summed E-state index contributed by atoms with van der Waals surface area (Å²) in [6.45, 7) is 1.57. The summed E-state index contributed by atoms with van der Waals surface area (Å²) >= 11 is 0. The highest BCUT2D eigenvalue weighted by molar-refractivity contribution is 5.70. The van der Waals surface area contributed by atoms with Gasteiger partial charge in [-0.25, -0.2) is 0 Å². The molecule has 0 aliphatic rings. The van der Waals surface area contributed by atoms with Gasteiger partial charge in [0.15, 0.2) is 11.5 Å². The highest BCUT2D eigenvalue weighted by atomic mass is 16.5. The van der Waals surface area contributed by atoms with Crippen molar-refractivity contribution < 1.29 is 24.6 Å². The van der Waals surface area contributed by atoms with Crippen LogP contribution in [-0.4, -0.2) is 40.4 Å². The van der Waals surface area contributed by atoms with E-state index in [4.69, 9.17) is 14.6 Å². The van der Waals surface area contributed by atoms with Gasteiger partial charge in [-0.2, -0.15) is 0 Å². The van der Waals surface area contributed by atoms with Crippen LogP contribution in [0.3, 0.4) is 0 Å². The van der Waals surface area contributed by atoms with Gasteiger partial charge in [0.25, 0.3) is 0 Å². The van der Waals surface area contributed by atoms with Crippen LogP contribution in [0.25, 0.3) is 11.3 Å². The van der Waals surface area contributed by atoms with E-state index in [1.54, 1.807) is 38.3 Å². The molecule has 0 fully saturated rings. The fourth-order valence-corrected chi connectivity index (χ4v) is 2.09. The van der Waals surface area contributed by atoms with Crippen LogP contribution in [0.4, 0.5) is 0 Å². The van der Waals surface area contributed by atoms with E-state index >= 15 is 0 Å². The molecule has 1 aromatic heterocycles. The zero-order valence-corrected chi connectivity index (χ0v) is 12.6. The van der Waals surface area contributed by atoms with E-state index in [0.717, 1.165) is 5.56 Å². The van der Waals surface area contributed by atoms with E-state index in [9.17, 15) is 10.0 Å². The number of aromatic nitrogens is 2. The molecule has 1 heterocycles. The Balaban J connectivity index is 2.32. The number of aliphatic carboxylic acids is 1. The second-order valence-corrected chi connectivity index (χ2v) is 4.92. The van der Waals surface area contributed by atoms with Crippen LogP contribution in [0.5, 0.6) is 11.5 Å². The molecule has 1 aromatic carbocycles. The summed E-state index contributed by atoms with van der Waals surface area (Å²) in [5.41, 5.74) is 1.69. The first-order valence-corrected chi connectivity index (χ1v) is 6.69. The predicted molar refractivity (Wildman–Crippen MR) is 78.5 cm³/mol. The summed E-state index contributed by atoms with van der Waals surface area (Å²) < 4.78 is 10.4. The molecule has 0 saturated carbocycles. The van der Waals surface area contributed by atoms with Gasteiger partial charge in [-0.15, -0.1) is 9.94 Å². The Morgan fingerprint density at radius 1 is 1.27 bits per heavy atom. The van der Waals surface area contributed by atoms with Gasteiger partial charge in [-0.3, -0.25) is 4.79 Å². The van der Waals surface area contributed by atoms with Crippen molar-refractivity contribution in [3.05, 3.63) is 30.0 Å². The first-order chi connectivity index (χ1) is 10.5. The average molecular weight is 306 g/mol. The number of carbonyl (C=O) groups is 1. The molecule has 0 saturated heterocycles. The number of carboxylic acid groups (broad SMARTS) is 1. The Labute approximate surface area is 127 Å². The molecule has 2 aromatic rings. The SMILES string of the molecule is COc1ccc(-c2cc(CC(C)C(=O)O)n(O)n2)cc1OC. The van der Waals surface area contributed by atoms with E-state index in [1.807, 2.05) is 0 Å². The molecule has 2 N–H and O–H groups in total. The lowest BCUT2D eigenvalue weighted by Crippen LogP contribution is -2.14. The first kappa shape index (κ1) is 15.7. The zero-order valence-electron chi connectivity index (χ0n) is 12.6. The third-order valence-electron chi connectivity index (χ3n) is 3.38. The predicted octanol–water partition coefficient (Wildman–Crippen LogP) is 2.07. The van der Waals surface area contributed by atoms with Crippen molar-refractivity contribution in [2.24, 2.45) is 5.92 Å². The minimum absolute atomic E-state index is 0.187. The molecule has 2 rings (SSSR count). The summed E-state index contributed by atoms with van der Waals surface area (Å²) in [4.78, 5) is 11.6. The second kappa shape index (κ2) is 6.38. The van der Waals surface area contributed by atoms with E-state index in [2.05, 4.69) is 5.10 Å². The van der Waals surface area contributed by atoms with Crippen LogP contribution in [0, 0.1) is 5.92 Å². The van der Waals surface area contributed by atoms with Crippen LogP contribution in [0.2, 0.25) is 0 Å². The molecule has 0 bridgehead atoms. The monoisotopic (exact) mass is 306 g/mol. The minimum Gasteiger partial charge on any atom is -0.493 e. The third kappa shape index (κ3) is 3.13. The Kier molecular flexibility index (Phi) is 4.55. The second-order valence-electron chi connectivity index (χ2n) is 4.92. The number of ether oxygens (including phenoxy) is 2. The van der Waals surface area contributed by atoms with E-state index in [0.29, 0.717) is 27.7 Å². The van der Waals surface area contributed by atoms with Crippen molar-refractivity contribution in [2.45, 2.75) is 13.3 Å². The lowest BCUT2D eigenvalue weighted by Gasteiger charge is -2.08. The van der Waals surface area contributed by atoms with Crippen LogP contribution in [-0.2, 0) is 11.2 Å². The van der Waals surface area contributed by atoms with E-state index in [-0.39, 0.29) is 6.42 Å². The van der Waals surface area contributed by atoms with Gasteiger partial charge in [-0.05, 0) is 24.3 Å². The maximum atomic E-state index is 10.9. The molecule has 1 unspecified atom stereocenters. The molecular formula is C15H18N2O5. The van der Waals surface area contributed by atoms with Gasteiger partial charge in [0.2, 0.25) is 0 Å². The quantitative estimate of drug-likeness (QED) is 0.793. The van der Waals surface area contributed by atoms with E-state index in [1.165, 1.54) is 7.11 Å². The smallest absolute Gasteiger partial charge is 0.306 e. The zero-order chi connectivity index (χ0) is 16.3. The lowest BCUT2D eigenvalue weighted by molar-refractivity contribution is -0.141. The molecule has 7 heteroatoms. The molecule has 0 amide bonds. The number of hydrogen-bond acceptors (Lipinski definition) is 5. The van der Waals surface area contributed by atoms with Gasteiger partial charge in [0.05, 0.1) is 31.5 Å². The van der Waals surface area contributed by atoms with Gasteiger partial charge in [-0.1, -0.05) is 6.92 Å². The van der Waals surface area contributed by atoms with Crippen molar-refractivity contribution in [1.29, 1.82) is 0 Å². The standard InChI is InChI=1S/C15H18N2O5/c1-9(15(18)19)6-11-8-12(16-17(11)20)10-4-5-13(21-2)14(7-10)22-3/h4-5,7-9,20H,6H2,1-3H3,(H,18,19). The minimum atomic E-state index is -0.922. The first-order valence-electron chi connectivity index (χ1n) is 6.69. The van der Waals surface area contributed by atoms with Gasteiger partial charge in [0, 0.05) is 12.0 Å². The summed E-state index contributed by atoms with van der Waals surface area (Å²) in [5.74, 6) is -0.392. The normalized spacial score (nSPS) is 12.0. The number of benzene rings is 1. The molecule has 7 nitrogen and oxygen atoms in total. The highest BCUT2D eigenvalue weighted by Crippen LogP contribution is 2.32. The van der Waals surface area contributed by atoms with Crippen molar-refractivity contribution in [3.63, 3.8) is 0 Å². The van der Waals surface area contributed by atoms with Gasteiger partial charge < -0.3 is 19.8 Å². The van der Waals surface area contributed by atoms with Crippen LogP contribution >= 0.6 is 0 Å². The Morgan fingerprint density at radius 2 is 1.95 bits per heavy atom. The van der Waals surface area contributed by atoms with Crippen molar-refractivity contribution in [2.75, 3.05) is 14.2 Å². The fourth-order valence-electron chi connectivity index (χ4n) is 2.09. The number of hydrogen-bond donors (Lipinski definition) is 2.